The SMILES string of the molecule is CC1(C)CCC(Nc2cc(N)cc(Cl)n2)C1. The molecule has 1 saturated carbocycles. The van der Waals surface area contributed by atoms with E-state index in [0.717, 1.165) is 5.82 Å². The van der Waals surface area contributed by atoms with Gasteiger partial charge in [-0.3, -0.25) is 0 Å². The third-order valence-corrected chi connectivity index (χ3v) is 3.33. The Hall–Kier alpha value is -0.960. The fraction of sp³-hybridized carbons (Fsp3) is 0.583. The van der Waals surface area contributed by atoms with E-state index in [-0.39, 0.29) is 0 Å². The Balaban J connectivity index is 2.05. The van der Waals surface area contributed by atoms with E-state index in [4.69, 9.17) is 17.3 Å². The molecular weight excluding hydrogens is 222 g/mol. The second-order valence-electron chi connectivity index (χ2n) is 5.36. The van der Waals surface area contributed by atoms with E-state index in [9.17, 15) is 0 Å². The van der Waals surface area contributed by atoms with Crippen LogP contribution < -0.4 is 11.1 Å². The molecule has 1 aliphatic rings. The Labute approximate surface area is 101 Å². The van der Waals surface area contributed by atoms with Gasteiger partial charge < -0.3 is 11.1 Å². The van der Waals surface area contributed by atoms with Crippen LogP contribution in [-0.4, -0.2) is 11.0 Å². The number of pyridine rings is 1. The lowest BCUT2D eigenvalue weighted by atomic mass is 9.92. The molecule has 1 atom stereocenters. The van der Waals surface area contributed by atoms with Gasteiger partial charge in [0.15, 0.2) is 0 Å². The largest absolute Gasteiger partial charge is 0.399 e. The molecule has 0 amide bonds. The van der Waals surface area contributed by atoms with Gasteiger partial charge in [-0.25, -0.2) is 4.98 Å². The molecule has 16 heavy (non-hydrogen) atoms. The Morgan fingerprint density at radius 2 is 2.25 bits per heavy atom. The highest BCUT2D eigenvalue weighted by Crippen LogP contribution is 2.38. The van der Waals surface area contributed by atoms with Gasteiger partial charge in [0, 0.05) is 17.8 Å². The van der Waals surface area contributed by atoms with E-state index in [1.807, 2.05) is 6.07 Å². The zero-order valence-corrected chi connectivity index (χ0v) is 10.5. The molecule has 1 aromatic heterocycles. The van der Waals surface area contributed by atoms with Crippen molar-refractivity contribution < 1.29 is 0 Å². The summed E-state index contributed by atoms with van der Waals surface area (Å²) in [4.78, 5) is 4.22. The highest BCUT2D eigenvalue weighted by atomic mass is 35.5. The molecular formula is C12H18ClN3. The maximum absolute atomic E-state index is 5.86. The van der Waals surface area contributed by atoms with Crippen molar-refractivity contribution >= 4 is 23.1 Å². The van der Waals surface area contributed by atoms with Gasteiger partial charge in [0.05, 0.1) is 0 Å². The Bertz CT molecular complexity index is 370. The standard InChI is InChI=1S/C12H18ClN3/c1-12(2)4-3-9(7-12)15-11-6-8(14)5-10(13)16-11/h5-6,9H,3-4,7H2,1-2H3,(H3,14,15,16). The number of anilines is 2. The minimum Gasteiger partial charge on any atom is -0.399 e. The van der Waals surface area contributed by atoms with E-state index >= 15 is 0 Å². The predicted molar refractivity (Wildman–Crippen MR) is 68.7 cm³/mol. The first kappa shape index (κ1) is 11.5. The smallest absolute Gasteiger partial charge is 0.133 e. The Morgan fingerprint density at radius 3 is 2.81 bits per heavy atom. The van der Waals surface area contributed by atoms with Crippen molar-refractivity contribution in [1.82, 2.24) is 4.98 Å². The first-order chi connectivity index (χ1) is 7.44. The summed E-state index contributed by atoms with van der Waals surface area (Å²) in [6, 6.07) is 3.98. The molecule has 0 bridgehead atoms. The topological polar surface area (TPSA) is 50.9 Å². The Morgan fingerprint density at radius 1 is 1.50 bits per heavy atom. The number of rotatable bonds is 2. The molecule has 1 aromatic rings. The maximum Gasteiger partial charge on any atom is 0.133 e. The lowest BCUT2D eigenvalue weighted by Gasteiger charge is -2.18. The molecule has 3 N–H and O–H groups in total. The molecule has 2 rings (SSSR count). The van der Waals surface area contributed by atoms with Crippen LogP contribution in [0.15, 0.2) is 12.1 Å². The van der Waals surface area contributed by atoms with Gasteiger partial charge in [-0.2, -0.15) is 0 Å². The molecule has 0 aliphatic heterocycles. The number of nitrogens with two attached hydrogens (primary N) is 1. The van der Waals surface area contributed by atoms with E-state index < -0.39 is 0 Å². The number of nitrogens with zero attached hydrogens (tertiary/aromatic N) is 1. The van der Waals surface area contributed by atoms with Crippen molar-refractivity contribution in [3.8, 4) is 0 Å². The van der Waals surface area contributed by atoms with Gasteiger partial charge in [-0.15, -0.1) is 0 Å². The van der Waals surface area contributed by atoms with Crippen molar-refractivity contribution in [2.45, 2.75) is 39.2 Å². The number of aromatic nitrogens is 1. The average Bonchev–Trinajstić information content (AvgIpc) is 2.43. The number of hydrogen-bond acceptors (Lipinski definition) is 3. The first-order valence-electron chi connectivity index (χ1n) is 5.64. The fourth-order valence-electron chi connectivity index (χ4n) is 2.36. The van der Waals surface area contributed by atoms with Gasteiger partial charge in [0.2, 0.25) is 0 Å². The molecule has 3 nitrogen and oxygen atoms in total. The normalized spacial score (nSPS) is 23.3. The van der Waals surface area contributed by atoms with Crippen LogP contribution in [0, 0.1) is 5.41 Å². The molecule has 4 heteroatoms. The average molecular weight is 240 g/mol. The van der Waals surface area contributed by atoms with Crippen molar-refractivity contribution in [2.24, 2.45) is 5.41 Å². The summed E-state index contributed by atoms with van der Waals surface area (Å²) in [5, 5.41) is 3.85. The molecule has 0 radical (unpaired) electrons. The van der Waals surface area contributed by atoms with E-state index in [1.54, 1.807) is 6.07 Å². The summed E-state index contributed by atoms with van der Waals surface area (Å²) in [6.07, 6.45) is 3.60. The molecule has 0 aromatic carbocycles. The van der Waals surface area contributed by atoms with Crippen LogP contribution >= 0.6 is 11.6 Å². The van der Waals surface area contributed by atoms with Gasteiger partial charge in [-0.1, -0.05) is 25.4 Å². The number of hydrogen-bond donors (Lipinski definition) is 2. The van der Waals surface area contributed by atoms with Crippen molar-refractivity contribution in [3.05, 3.63) is 17.3 Å². The number of nitrogens with one attached hydrogen (secondary N) is 1. The minimum atomic E-state index is 0.432. The molecule has 0 saturated heterocycles. The summed E-state index contributed by atoms with van der Waals surface area (Å²) < 4.78 is 0. The molecule has 1 fully saturated rings. The summed E-state index contributed by atoms with van der Waals surface area (Å²) in [5.74, 6) is 0.785. The predicted octanol–water partition coefficient (Wildman–Crippen LogP) is 3.31. The first-order valence-corrected chi connectivity index (χ1v) is 6.02. The van der Waals surface area contributed by atoms with Crippen LogP contribution in [-0.2, 0) is 0 Å². The number of nitrogen functional groups attached to an aromatic ring is 1. The highest BCUT2D eigenvalue weighted by Gasteiger charge is 2.30. The van der Waals surface area contributed by atoms with Crippen molar-refractivity contribution in [2.75, 3.05) is 11.1 Å². The molecule has 1 aliphatic carbocycles. The summed E-state index contributed by atoms with van der Waals surface area (Å²) >= 11 is 5.86. The molecule has 88 valence electrons. The van der Waals surface area contributed by atoms with Gasteiger partial charge in [0.1, 0.15) is 11.0 Å². The zero-order chi connectivity index (χ0) is 11.8. The fourth-order valence-corrected chi connectivity index (χ4v) is 2.58. The quantitative estimate of drug-likeness (QED) is 0.779. The van der Waals surface area contributed by atoms with Crippen LogP contribution in [0.1, 0.15) is 33.1 Å². The van der Waals surface area contributed by atoms with Crippen molar-refractivity contribution in [3.63, 3.8) is 0 Å². The second kappa shape index (κ2) is 4.13. The zero-order valence-electron chi connectivity index (χ0n) is 9.76. The van der Waals surface area contributed by atoms with Gasteiger partial charge >= 0.3 is 0 Å². The van der Waals surface area contributed by atoms with Gasteiger partial charge in [0.25, 0.3) is 0 Å². The Kier molecular flexibility index (Phi) is 2.98. The minimum absolute atomic E-state index is 0.432. The summed E-state index contributed by atoms with van der Waals surface area (Å²) in [5.41, 5.74) is 6.81. The van der Waals surface area contributed by atoms with Crippen LogP contribution in [0.25, 0.3) is 0 Å². The second-order valence-corrected chi connectivity index (χ2v) is 5.74. The van der Waals surface area contributed by atoms with E-state index in [2.05, 4.69) is 24.1 Å². The van der Waals surface area contributed by atoms with Gasteiger partial charge in [-0.05, 0) is 30.7 Å². The summed E-state index contributed by atoms with van der Waals surface area (Å²) in [6.45, 7) is 4.60. The van der Waals surface area contributed by atoms with Crippen LogP contribution in [0.4, 0.5) is 11.5 Å². The third-order valence-electron chi connectivity index (χ3n) is 3.14. The van der Waals surface area contributed by atoms with E-state index in [1.165, 1.54) is 19.3 Å². The number of halogens is 1. The molecule has 1 heterocycles. The maximum atomic E-state index is 5.86. The highest BCUT2D eigenvalue weighted by molar-refractivity contribution is 6.29. The van der Waals surface area contributed by atoms with Crippen LogP contribution in [0.3, 0.4) is 0 Å². The lowest BCUT2D eigenvalue weighted by molar-refractivity contribution is 0.378. The van der Waals surface area contributed by atoms with E-state index in [0.29, 0.717) is 22.3 Å². The molecule has 0 spiro atoms. The lowest BCUT2D eigenvalue weighted by Crippen LogP contribution is -2.18. The summed E-state index contributed by atoms with van der Waals surface area (Å²) in [7, 11) is 0. The van der Waals surface area contributed by atoms with Crippen LogP contribution in [0.2, 0.25) is 5.15 Å². The van der Waals surface area contributed by atoms with Crippen LogP contribution in [0.5, 0.6) is 0 Å². The monoisotopic (exact) mass is 239 g/mol. The van der Waals surface area contributed by atoms with Crippen molar-refractivity contribution in [1.29, 1.82) is 0 Å². The molecule has 1 unspecified atom stereocenters. The third kappa shape index (κ3) is 2.79.